The van der Waals surface area contributed by atoms with Crippen LogP contribution in [0.4, 0.5) is 11.4 Å². The molecule has 144 valence electrons. The van der Waals surface area contributed by atoms with Gasteiger partial charge in [-0.25, -0.2) is 0 Å². The highest BCUT2D eigenvalue weighted by Crippen LogP contribution is 2.34. The fraction of sp³-hybridized carbons (Fsp3) is 0.278. The molecule has 2 aromatic rings. The molecule has 0 saturated heterocycles. The first-order valence-electron chi connectivity index (χ1n) is 7.98. The molecular weight excluding hydrogens is 354 g/mol. The van der Waals surface area contributed by atoms with E-state index in [0.717, 1.165) is 0 Å². The van der Waals surface area contributed by atoms with E-state index in [1.54, 1.807) is 19.2 Å². The molecule has 2 N–H and O–H groups in total. The minimum absolute atomic E-state index is 0.143. The quantitative estimate of drug-likeness (QED) is 0.539. The molecule has 0 aliphatic rings. The van der Waals surface area contributed by atoms with Gasteiger partial charge in [0.15, 0.2) is 11.5 Å². The van der Waals surface area contributed by atoms with Gasteiger partial charge < -0.3 is 24.8 Å². The third-order valence-corrected chi connectivity index (χ3v) is 3.95. The van der Waals surface area contributed by atoms with E-state index in [4.69, 9.17) is 14.2 Å². The van der Waals surface area contributed by atoms with Gasteiger partial charge in [0.1, 0.15) is 11.4 Å². The molecule has 0 aliphatic heterocycles. The van der Waals surface area contributed by atoms with E-state index in [1.165, 1.54) is 39.5 Å². The molecule has 0 radical (unpaired) electrons. The van der Waals surface area contributed by atoms with Gasteiger partial charge in [-0.1, -0.05) is 0 Å². The Kier molecular flexibility index (Phi) is 6.42. The number of benzene rings is 2. The summed E-state index contributed by atoms with van der Waals surface area (Å²) in [6, 6.07) is 7.59. The molecule has 0 aliphatic carbocycles. The Balaban J connectivity index is 2.23. The first-order valence-corrected chi connectivity index (χ1v) is 7.98. The minimum atomic E-state index is -0.542. The number of carbonyl (C=O) groups excluding carboxylic acids is 1. The minimum Gasteiger partial charge on any atom is -0.496 e. The number of hydrogen-bond acceptors (Lipinski definition) is 7. The Morgan fingerprint density at radius 1 is 1.04 bits per heavy atom. The van der Waals surface area contributed by atoms with Gasteiger partial charge in [-0.15, -0.1) is 0 Å². The third kappa shape index (κ3) is 4.38. The van der Waals surface area contributed by atoms with Gasteiger partial charge in [0.25, 0.3) is 11.6 Å². The molecule has 0 saturated carbocycles. The zero-order valence-corrected chi connectivity index (χ0v) is 15.5. The molecule has 0 aromatic heterocycles. The molecule has 0 heterocycles. The van der Waals surface area contributed by atoms with Crippen molar-refractivity contribution in [2.45, 2.75) is 6.54 Å². The zero-order chi connectivity index (χ0) is 20.0. The van der Waals surface area contributed by atoms with Gasteiger partial charge >= 0.3 is 0 Å². The number of nitro benzene ring substituents is 1. The van der Waals surface area contributed by atoms with Crippen LogP contribution in [0.15, 0.2) is 30.3 Å². The number of amides is 1. The predicted octanol–water partition coefficient (Wildman–Crippen LogP) is 2.59. The molecular formula is C18H21N3O6. The lowest BCUT2D eigenvalue weighted by Crippen LogP contribution is -2.23. The van der Waals surface area contributed by atoms with Crippen LogP contribution in [0.2, 0.25) is 0 Å². The summed E-state index contributed by atoms with van der Waals surface area (Å²) in [6.07, 6.45) is 0. The summed E-state index contributed by atoms with van der Waals surface area (Å²) in [5.41, 5.74) is 1.01. The summed E-state index contributed by atoms with van der Waals surface area (Å²) in [4.78, 5) is 23.0. The maximum atomic E-state index is 12.4. The van der Waals surface area contributed by atoms with Gasteiger partial charge in [0.2, 0.25) is 0 Å². The summed E-state index contributed by atoms with van der Waals surface area (Å²) in [5, 5.41) is 16.6. The number of anilines is 1. The molecule has 9 heteroatoms. The monoisotopic (exact) mass is 375 g/mol. The lowest BCUT2D eigenvalue weighted by Gasteiger charge is -2.14. The Morgan fingerprint density at radius 3 is 2.22 bits per heavy atom. The van der Waals surface area contributed by atoms with Crippen LogP contribution in [0.25, 0.3) is 0 Å². The average Bonchev–Trinajstić information content (AvgIpc) is 2.70. The largest absolute Gasteiger partial charge is 0.496 e. The van der Waals surface area contributed by atoms with Crippen molar-refractivity contribution in [3.05, 3.63) is 51.6 Å². The predicted molar refractivity (Wildman–Crippen MR) is 99.9 cm³/mol. The molecule has 0 atom stereocenters. The van der Waals surface area contributed by atoms with E-state index in [1.807, 2.05) is 0 Å². The highest BCUT2D eigenvalue weighted by molar-refractivity contribution is 5.95. The van der Waals surface area contributed by atoms with Crippen molar-refractivity contribution in [3.63, 3.8) is 0 Å². The Morgan fingerprint density at radius 2 is 1.67 bits per heavy atom. The van der Waals surface area contributed by atoms with E-state index in [0.29, 0.717) is 28.5 Å². The topological polar surface area (TPSA) is 112 Å². The molecule has 0 unspecified atom stereocenters. The van der Waals surface area contributed by atoms with E-state index in [2.05, 4.69) is 10.6 Å². The summed E-state index contributed by atoms with van der Waals surface area (Å²) in [6.45, 7) is 0.143. The number of nitrogens with zero attached hydrogens (tertiary/aromatic N) is 1. The van der Waals surface area contributed by atoms with Gasteiger partial charge in [-0.3, -0.25) is 14.9 Å². The first-order chi connectivity index (χ1) is 12.9. The number of carbonyl (C=O) groups is 1. The highest BCUT2D eigenvalue weighted by atomic mass is 16.6. The summed E-state index contributed by atoms with van der Waals surface area (Å²) in [5.74, 6) is 1.07. The smallest absolute Gasteiger partial charge is 0.293 e. The summed E-state index contributed by atoms with van der Waals surface area (Å²) in [7, 11) is 6.10. The Bertz CT molecular complexity index is 853. The molecule has 0 bridgehead atoms. The molecule has 0 spiro atoms. The molecule has 27 heavy (non-hydrogen) atoms. The van der Waals surface area contributed by atoms with Crippen molar-refractivity contribution in [1.82, 2.24) is 5.32 Å². The van der Waals surface area contributed by atoms with Crippen LogP contribution in [0, 0.1) is 10.1 Å². The van der Waals surface area contributed by atoms with Crippen LogP contribution in [0.3, 0.4) is 0 Å². The summed E-state index contributed by atoms with van der Waals surface area (Å²) < 4.78 is 15.8. The zero-order valence-electron chi connectivity index (χ0n) is 15.5. The molecule has 1 amide bonds. The Labute approximate surface area is 156 Å². The van der Waals surface area contributed by atoms with Crippen molar-refractivity contribution < 1.29 is 23.9 Å². The van der Waals surface area contributed by atoms with Crippen molar-refractivity contribution in [2.75, 3.05) is 33.7 Å². The van der Waals surface area contributed by atoms with Crippen molar-refractivity contribution in [2.24, 2.45) is 0 Å². The van der Waals surface area contributed by atoms with E-state index < -0.39 is 10.8 Å². The van der Waals surface area contributed by atoms with Gasteiger partial charge in [0, 0.05) is 36.9 Å². The maximum absolute atomic E-state index is 12.4. The number of nitro groups is 1. The first kappa shape index (κ1) is 19.8. The van der Waals surface area contributed by atoms with E-state index in [9.17, 15) is 14.9 Å². The van der Waals surface area contributed by atoms with E-state index in [-0.39, 0.29) is 17.8 Å². The second-order valence-electron chi connectivity index (χ2n) is 5.44. The second kappa shape index (κ2) is 8.75. The number of ether oxygens (including phenoxy) is 3. The molecule has 9 nitrogen and oxygen atoms in total. The van der Waals surface area contributed by atoms with Crippen molar-refractivity contribution >= 4 is 17.3 Å². The second-order valence-corrected chi connectivity index (χ2v) is 5.44. The third-order valence-electron chi connectivity index (χ3n) is 3.95. The van der Waals surface area contributed by atoms with Crippen LogP contribution in [-0.2, 0) is 6.54 Å². The van der Waals surface area contributed by atoms with Crippen LogP contribution >= 0.6 is 0 Å². The van der Waals surface area contributed by atoms with Gasteiger partial charge in [0.05, 0.1) is 26.3 Å². The van der Waals surface area contributed by atoms with Crippen molar-refractivity contribution in [1.29, 1.82) is 0 Å². The fourth-order valence-corrected chi connectivity index (χ4v) is 2.54. The normalized spacial score (nSPS) is 10.1. The Hall–Kier alpha value is -3.49. The lowest BCUT2D eigenvalue weighted by molar-refractivity contribution is -0.384. The van der Waals surface area contributed by atoms with Crippen LogP contribution in [-0.4, -0.2) is 39.2 Å². The lowest BCUT2D eigenvalue weighted by atomic mass is 10.1. The van der Waals surface area contributed by atoms with Crippen LogP contribution in [0.1, 0.15) is 15.9 Å². The molecule has 2 aromatic carbocycles. The van der Waals surface area contributed by atoms with Crippen LogP contribution < -0.4 is 24.8 Å². The average molecular weight is 375 g/mol. The van der Waals surface area contributed by atoms with E-state index >= 15 is 0 Å². The van der Waals surface area contributed by atoms with Gasteiger partial charge in [-0.05, 0) is 18.2 Å². The fourth-order valence-electron chi connectivity index (χ4n) is 2.54. The number of rotatable bonds is 8. The number of hydrogen-bond donors (Lipinski definition) is 2. The highest BCUT2D eigenvalue weighted by Gasteiger charge is 2.18. The summed E-state index contributed by atoms with van der Waals surface area (Å²) >= 11 is 0. The standard InChI is InChI=1S/C18H21N3O6/c1-19-13-6-5-11(7-14(13)21(23)24)18(22)20-10-12-8-16(26-3)17(27-4)9-15(12)25-2/h5-9,19H,10H2,1-4H3,(H,20,22). The maximum Gasteiger partial charge on any atom is 0.293 e. The molecule has 2 rings (SSSR count). The SMILES string of the molecule is CNc1ccc(C(=O)NCc2cc(OC)c(OC)cc2OC)cc1[N+](=O)[O-]. The number of nitrogens with one attached hydrogen (secondary N) is 2. The van der Waals surface area contributed by atoms with Crippen LogP contribution in [0.5, 0.6) is 17.2 Å². The number of methoxy groups -OCH3 is 3. The molecule has 0 fully saturated rings. The van der Waals surface area contributed by atoms with Crippen molar-refractivity contribution in [3.8, 4) is 17.2 Å². The van der Waals surface area contributed by atoms with Gasteiger partial charge in [-0.2, -0.15) is 0 Å².